The Labute approximate surface area is 150 Å². The molecule has 1 aliphatic rings. The van der Waals surface area contributed by atoms with Crippen LogP contribution in [0.2, 0.25) is 10.0 Å². The zero-order valence-corrected chi connectivity index (χ0v) is 15.2. The topological polar surface area (TPSA) is 66.4 Å². The Balaban J connectivity index is 2.33. The molecule has 0 fully saturated rings. The van der Waals surface area contributed by atoms with Crippen LogP contribution in [0.4, 0.5) is 0 Å². The van der Waals surface area contributed by atoms with E-state index in [1.807, 2.05) is 6.92 Å². The Kier molecular flexibility index (Phi) is 6.71. The minimum Gasteiger partial charge on any atom is -0.478 e. The lowest BCUT2D eigenvalue weighted by Crippen LogP contribution is -2.28. The van der Waals surface area contributed by atoms with Crippen LogP contribution < -0.4 is 4.74 Å². The van der Waals surface area contributed by atoms with Gasteiger partial charge in [0.15, 0.2) is 6.10 Å². The molecule has 1 aromatic rings. The molecule has 0 spiro atoms. The lowest BCUT2D eigenvalue weighted by atomic mass is 10.0. The molecule has 0 N–H and O–H groups in total. The smallest absolute Gasteiger partial charge is 0.347 e. The van der Waals surface area contributed by atoms with E-state index in [2.05, 4.69) is 5.16 Å². The Morgan fingerprint density at radius 2 is 2.04 bits per heavy atom. The maximum atomic E-state index is 11.8. The third-order valence-corrected chi connectivity index (χ3v) is 4.00. The number of carbonyl (C=O) groups excluding carboxylic acids is 1. The van der Waals surface area contributed by atoms with Crippen molar-refractivity contribution in [3.8, 4) is 5.75 Å². The molecule has 1 aliphatic heterocycles. The maximum absolute atomic E-state index is 11.8. The average molecular weight is 376 g/mol. The molecule has 0 aromatic heterocycles. The van der Waals surface area contributed by atoms with Crippen molar-refractivity contribution >= 4 is 34.9 Å². The molecule has 24 heavy (non-hydrogen) atoms. The molecule has 8 heteroatoms. The second-order valence-corrected chi connectivity index (χ2v) is 5.81. The molecule has 0 bridgehead atoms. The number of ether oxygens (including phenoxy) is 3. The Bertz CT molecular complexity index is 635. The lowest BCUT2D eigenvalue weighted by Gasteiger charge is -2.18. The van der Waals surface area contributed by atoms with E-state index in [0.29, 0.717) is 40.3 Å². The van der Waals surface area contributed by atoms with Crippen molar-refractivity contribution in [1.29, 1.82) is 0 Å². The molecular weight excluding hydrogens is 357 g/mol. The van der Waals surface area contributed by atoms with Crippen LogP contribution in [0.15, 0.2) is 17.3 Å². The second kappa shape index (κ2) is 8.55. The molecule has 6 nitrogen and oxygen atoms in total. The van der Waals surface area contributed by atoms with Gasteiger partial charge in [0.2, 0.25) is 0 Å². The quantitative estimate of drug-likeness (QED) is 0.682. The first-order valence-electron chi connectivity index (χ1n) is 7.62. The Morgan fingerprint density at radius 3 is 2.71 bits per heavy atom. The van der Waals surface area contributed by atoms with E-state index in [0.717, 1.165) is 0 Å². The monoisotopic (exact) mass is 375 g/mol. The summed E-state index contributed by atoms with van der Waals surface area (Å²) in [6.45, 7) is 6.28. The molecular formula is C16H19Cl2NO5. The molecule has 2 rings (SSSR count). The van der Waals surface area contributed by atoms with E-state index in [-0.39, 0.29) is 12.7 Å². The van der Waals surface area contributed by atoms with Gasteiger partial charge in [-0.1, -0.05) is 28.4 Å². The highest BCUT2D eigenvalue weighted by Gasteiger charge is 2.29. The molecule has 1 aromatic carbocycles. The zero-order chi connectivity index (χ0) is 17.7. The first-order valence-corrected chi connectivity index (χ1v) is 8.37. The van der Waals surface area contributed by atoms with Crippen LogP contribution in [0.3, 0.4) is 0 Å². The fourth-order valence-electron chi connectivity index (χ4n) is 2.19. The summed E-state index contributed by atoms with van der Waals surface area (Å²) in [6.07, 6.45) is -1.15. The Hall–Kier alpha value is -1.50. The maximum Gasteiger partial charge on any atom is 0.347 e. The van der Waals surface area contributed by atoms with Crippen molar-refractivity contribution in [2.45, 2.75) is 33.0 Å². The van der Waals surface area contributed by atoms with E-state index in [9.17, 15) is 4.79 Å². The number of nitrogens with zero attached hydrogens (tertiary/aromatic N) is 1. The number of oxime groups is 1. The van der Waals surface area contributed by atoms with Crippen molar-refractivity contribution < 1.29 is 23.8 Å². The van der Waals surface area contributed by atoms with Gasteiger partial charge in [0.1, 0.15) is 24.2 Å². The summed E-state index contributed by atoms with van der Waals surface area (Å²) in [5.74, 6) is -0.112. The van der Waals surface area contributed by atoms with Gasteiger partial charge in [-0.3, -0.25) is 0 Å². The molecule has 0 amide bonds. The van der Waals surface area contributed by atoms with Gasteiger partial charge in [0.25, 0.3) is 0 Å². The number of esters is 1. The number of hydrogen-bond acceptors (Lipinski definition) is 6. The standard InChI is InChI=1S/C16H19Cl2NO5/c1-4-21-14-8-23-19-15(14)10-6-11(17)12(18)7-13(10)24-9(3)16(20)22-5-2/h6-7,9,14H,4-5,8H2,1-3H3/t9-,14?/m0/s1. The Morgan fingerprint density at radius 1 is 1.33 bits per heavy atom. The van der Waals surface area contributed by atoms with Gasteiger partial charge in [0.05, 0.1) is 16.7 Å². The summed E-state index contributed by atoms with van der Waals surface area (Å²) in [5.41, 5.74) is 1.11. The van der Waals surface area contributed by atoms with E-state index >= 15 is 0 Å². The summed E-state index contributed by atoms with van der Waals surface area (Å²) in [6, 6.07) is 3.16. The van der Waals surface area contributed by atoms with Gasteiger partial charge < -0.3 is 19.0 Å². The first-order chi connectivity index (χ1) is 11.5. The fourth-order valence-corrected chi connectivity index (χ4v) is 2.50. The summed E-state index contributed by atoms with van der Waals surface area (Å²) < 4.78 is 16.3. The van der Waals surface area contributed by atoms with Gasteiger partial charge in [-0.2, -0.15) is 0 Å². The van der Waals surface area contributed by atoms with Crippen LogP contribution >= 0.6 is 23.2 Å². The summed E-state index contributed by atoms with van der Waals surface area (Å²) >= 11 is 12.2. The van der Waals surface area contributed by atoms with Crippen molar-refractivity contribution in [3.63, 3.8) is 0 Å². The second-order valence-electron chi connectivity index (χ2n) is 4.99. The van der Waals surface area contributed by atoms with Crippen LogP contribution in [0.1, 0.15) is 26.3 Å². The number of hydrogen-bond donors (Lipinski definition) is 0. The van der Waals surface area contributed by atoms with Crippen molar-refractivity contribution in [2.75, 3.05) is 19.8 Å². The summed E-state index contributed by atoms with van der Waals surface area (Å²) in [7, 11) is 0. The molecule has 132 valence electrons. The summed E-state index contributed by atoms with van der Waals surface area (Å²) in [5, 5.41) is 4.66. The highest BCUT2D eigenvalue weighted by Crippen LogP contribution is 2.33. The first kappa shape index (κ1) is 18.8. The third kappa shape index (κ3) is 4.32. The predicted octanol–water partition coefficient (Wildman–Crippen LogP) is 3.46. The minimum atomic E-state index is -0.811. The molecule has 1 unspecified atom stereocenters. The molecule has 1 heterocycles. The van der Waals surface area contributed by atoms with Gasteiger partial charge in [-0.25, -0.2) is 4.79 Å². The van der Waals surface area contributed by atoms with Crippen molar-refractivity contribution in [1.82, 2.24) is 0 Å². The molecule has 0 radical (unpaired) electrons. The van der Waals surface area contributed by atoms with Crippen LogP contribution in [0.25, 0.3) is 0 Å². The number of halogens is 2. The molecule has 0 saturated heterocycles. The van der Waals surface area contributed by atoms with Crippen LogP contribution in [0.5, 0.6) is 5.75 Å². The van der Waals surface area contributed by atoms with Gasteiger partial charge >= 0.3 is 5.97 Å². The molecule has 0 aliphatic carbocycles. The van der Waals surface area contributed by atoms with E-state index in [4.69, 9.17) is 42.3 Å². The van der Waals surface area contributed by atoms with Crippen LogP contribution in [0, 0.1) is 0 Å². The largest absolute Gasteiger partial charge is 0.478 e. The zero-order valence-electron chi connectivity index (χ0n) is 13.7. The average Bonchev–Trinajstić information content (AvgIpc) is 2.99. The molecule has 0 saturated carbocycles. The van der Waals surface area contributed by atoms with Gasteiger partial charge in [0, 0.05) is 18.2 Å². The van der Waals surface area contributed by atoms with Crippen molar-refractivity contribution in [2.24, 2.45) is 5.16 Å². The van der Waals surface area contributed by atoms with E-state index in [1.165, 1.54) is 0 Å². The SMILES string of the molecule is CCOC(=O)[C@H](C)Oc1cc(Cl)c(Cl)cc1C1=NOCC1OCC. The van der Waals surface area contributed by atoms with Crippen LogP contribution in [-0.2, 0) is 19.1 Å². The van der Waals surface area contributed by atoms with E-state index < -0.39 is 12.1 Å². The van der Waals surface area contributed by atoms with Crippen LogP contribution in [-0.4, -0.2) is 43.7 Å². The van der Waals surface area contributed by atoms with Gasteiger partial charge in [-0.15, -0.1) is 0 Å². The number of carbonyl (C=O) groups is 1. The predicted molar refractivity (Wildman–Crippen MR) is 91.1 cm³/mol. The number of benzene rings is 1. The fraction of sp³-hybridized carbons (Fsp3) is 0.500. The van der Waals surface area contributed by atoms with Gasteiger partial charge in [-0.05, 0) is 26.8 Å². The lowest BCUT2D eigenvalue weighted by molar-refractivity contribution is -0.150. The summed E-state index contributed by atoms with van der Waals surface area (Å²) in [4.78, 5) is 16.9. The van der Waals surface area contributed by atoms with Crippen molar-refractivity contribution in [3.05, 3.63) is 27.7 Å². The highest BCUT2D eigenvalue weighted by molar-refractivity contribution is 6.42. The minimum absolute atomic E-state index is 0.272. The third-order valence-electron chi connectivity index (χ3n) is 3.28. The normalized spacial score (nSPS) is 17.9. The van der Waals surface area contributed by atoms with E-state index in [1.54, 1.807) is 26.0 Å². The highest BCUT2D eigenvalue weighted by atomic mass is 35.5. The number of rotatable bonds is 7. The molecule has 2 atom stereocenters.